The summed E-state index contributed by atoms with van der Waals surface area (Å²) in [5.41, 5.74) is 2.25. The first-order valence-corrected chi connectivity index (χ1v) is 11.2. The second-order valence-electron chi connectivity index (χ2n) is 8.67. The molecule has 2 amide bonds. The third-order valence-corrected chi connectivity index (χ3v) is 5.47. The van der Waals surface area contributed by atoms with Crippen molar-refractivity contribution in [2.45, 2.75) is 26.6 Å². The van der Waals surface area contributed by atoms with Gasteiger partial charge in [-0.15, -0.1) is 0 Å². The second kappa shape index (κ2) is 10.4. The van der Waals surface area contributed by atoms with Crippen LogP contribution < -0.4 is 0 Å². The van der Waals surface area contributed by atoms with Crippen molar-refractivity contribution in [1.82, 2.24) is 24.6 Å². The zero-order chi connectivity index (χ0) is 23.2. The summed E-state index contributed by atoms with van der Waals surface area (Å²) in [7, 11) is 0. The van der Waals surface area contributed by atoms with E-state index in [1.54, 1.807) is 40.3 Å². The molecule has 0 saturated carbocycles. The third-order valence-electron chi connectivity index (χ3n) is 5.47. The van der Waals surface area contributed by atoms with Crippen LogP contribution in [-0.4, -0.2) is 68.7 Å². The zero-order valence-corrected chi connectivity index (χ0v) is 19.0. The Balaban J connectivity index is 1.54. The summed E-state index contributed by atoms with van der Waals surface area (Å²) in [6.07, 6.45) is 6.70. The van der Waals surface area contributed by atoms with Crippen LogP contribution in [0.2, 0.25) is 0 Å². The molecule has 1 aliphatic heterocycles. The quantitative estimate of drug-likeness (QED) is 0.556. The first-order valence-electron chi connectivity index (χ1n) is 11.2. The van der Waals surface area contributed by atoms with Crippen molar-refractivity contribution in [3.8, 4) is 5.69 Å². The number of amides is 2. The monoisotopic (exact) mass is 447 g/mol. The van der Waals surface area contributed by atoms with E-state index in [2.05, 4.69) is 23.9 Å². The lowest BCUT2D eigenvalue weighted by molar-refractivity contribution is -0.132. The Hall–Kier alpha value is -3.52. The molecule has 1 aromatic carbocycles. The summed E-state index contributed by atoms with van der Waals surface area (Å²) in [5, 5.41) is 4.24. The van der Waals surface area contributed by atoms with Crippen molar-refractivity contribution in [2.75, 3.05) is 26.2 Å². The fourth-order valence-electron chi connectivity index (χ4n) is 3.94. The van der Waals surface area contributed by atoms with Gasteiger partial charge >= 0.3 is 0 Å². The van der Waals surface area contributed by atoms with Crippen molar-refractivity contribution in [2.24, 2.45) is 5.92 Å². The van der Waals surface area contributed by atoms with Crippen molar-refractivity contribution in [1.29, 1.82) is 0 Å². The normalized spacial score (nSPS) is 16.8. The Morgan fingerprint density at radius 2 is 2.03 bits per heavy atom. The maximum Gasteiger partial charge on any atom is 0.254 e. The average molecular weight is 448 g/mol. The molecule has 8 heteroatoms. The number of ether oxygens (including phenoxy) is 1. The van der Waals surface area contributed by atoms with E-state index < -0.39 is 0 Å². The molecule has 172 valence electrons. The summed E-state index contributed by atoms with van der Waals surface area (Å²) in [6, 6.07) is 12.9. The number of benzene rings is 1. The van der Waals surface area contributed by atoms with Gasteiger partial charge in [0.2, 0.25) is 5.91 Å². The molecule has 0 aliphatic carbocycles. The number of hydrogen-bond donors (Lipinski definition) is 0. The van der Waals surface area contributed by atoms with Crippen LogP contribution in [0.1, 0.15) is 29.8 Å². The fraction of sp³-hybridized carbons (Fsp3) is 0.360. The van der Waals surface area contributed by atoms with E-state index in [9.17, 15) is 9.59 Å². The van der Waals surface area contributed by atoms with E-state index in [0.717, 1.165) is 11.3 Å². The minimum atomic E-state index is -0.298. The molecule has 1 fully saturated rings. The third kappa shape index (κ3) is 5.84. The topological polar surface area (TPSA) is 80.6 Å². The molecule has 4 rings (SSSR count). The van der Waals surface area contributed by atoms with E-state index in [-0.39, 0.29) is 24.5 Å². The van der Waals surface area contributed by atoms with Crippen LogP contribution in [0.4, 0.5) is 0 Å². The van der Waals surface area contributed by atoms with Crippen molar-refractivity contribution < 1.29 is 14.3 Å². The van der Waals surface area contributed by atoms with Gasteiger partial charge in [-0.2, -0.15) is 5.10 Å². The highest BCUT2D eigenvalue weighted by Gasteiger charge is 2.31. The molecule has 1 saturated heterocycles. The van der Waals surface area contributed by atoms with Crippen LogP contribution in [0.15, 0.2) is 67.3 Å². The molecule has 3 heterocycles. The number of carbonyl (C=O) groups excluding carboxylic acids is 2. The van der Waals surface area contributed by atoms with Crippen molar-refractivity contribution in [3.63, 3.8) is 0 Å². The van der Waals surface area contributed by atoms with Gasteiger partial charge in [0.05, 0.1) is 18.4 Å². The smallest absolute Gasteiger partial charge is 0.254 e. The first-order chi connectivity index (χ1) is 16.0. The predicted molar refractivity (Wildman–Crippen MR) is 124 cm³/mol. The minimum Gasteiger partial charge on any atom is -0.370 e. The molecule has 0 spiro atoms. The van der Waals surface area contributed by atoms with Gasteiger partial charge < -0.3 is 14.5 Å². The fourth-order valence-corrected chi connectivity index (χ4v) is 3.94. The van der Waals surface area contributed by atoms with Crippen LogP contribution in [0.25, 0.3) is 5.69 Å². The Morgan fingerprint density at radius 1 is 1.15 bits per heavy atom. The van der Waals surface area contributed by atoms with E-state index >= 15 is 0 Å². The lowest BCUT2D eigenvalue weighted by atomic mass is 10.1. The average Bonchev–Trinajstić information content (AvgIpc) is 3.31. The molecule has 1 atom stereocenters. The number of carbonyl (C=O) groups is 2. The molecule has 3 aromatic rings. The van der Waals surface area contributed by atoms with Gasteiger partial charge in [0, 0.05) is 50.0 Å². The lowest BCUT2D eigenvalue weighted by Gasteiger charge is -2.26. The van der Waals surface area contributed by atoms with Gasteiger partial charge in [0.25, 0.3) is 5.91 Å². The summed E-state index contributed by atoms with van der Waals surface area (Å²) < 4.78 is 7.87. The van der Waals surface area contributed by atoms with Gasteiger partial charge in [-0.1, -0.05) is 26.0 Å². The van der Waals surface area contributed by atoms with Crippen molar-refractivity contribution in [3.05, 3.63) is 78.4 Å². The summed E-state index contributed by atoms with van der Waals surface area (Å²) in [5.74, 6) is 0.0624. The molecule has 0 radical (unpaired) electrons. The maximum absolute atomic E-state index is 13.4. The van der Waals surface area contributed by atoms with E-state index in [1.807, 2.05) is 41.4 Å². The molecule has 0 unspecified atom stereocenters. The van der Waals surface area contributed by atoms with E-state index in [0.29, 0.717) is 37.7 Å². The summed E-state index contributed by atoms with van der Waals surface area (Å²) in [6.45, 7) is 5.98. The highest BCUT2D eigenvalue weighted by atomic mass is 16.5. The van der Waals surface area contributed by atoms with Crippen LogP contribution in [0.5, 0.6) is 0 Å². The molecule has 33 heavy (non-hydrogen) atoms. The van der Waals surface area contributed by atoms with Gasteiger partial charge in [-0.3, -0.25) is 14.6 Å². The minimum absolute atomic E-state index is 0.0320. The van der Waals surface area contributed by atoms with Crippen LogP contribution in [0, 0.1) is 5.92 Å². The number of hydrogen-bond acceptors (Lipinski definition) is 5. The Labute approximate surface area is 193 Å². The SMILES string of the molecule is CC(C)CN1C[C@@H](OCc2cccnc2)CN(C(=O)c2cccc(-n3cccn3)c2)CC1=O. The number of nitrogens with zero attached hydrogens (tertiary/aromatic N) is 5. The Morgan fingerprint density at radius 3 is 2.76 bits per heavy atom. The summed E-state index contributed by atoms with van der Waals surface area (Å²) >= 11 is 0. The van der Waals surface area contributed by atoms with Crippen LogP contribution in [-0.2, 0) is 16.1 Å². The molecular weight excluding hydrogens is 418 g/mol. The van der Waals surface area contributed by atoms with Crippen molar-refractivity contribution >= 4 is 11.8 Å². The molecular formula is C25H29N5O3. The molecule has 8 nitrogen and oxygen atoms in total. The Bertz CT molecular complexity index is 1070. The number of rotatable bonds is 7. The maximum atomic E-state index is 13.4. The van der Waals surface area contributed by atoms with Crippen LogP contribution in [0.3, 0.4) is 0 Å². The molecule has 1 aliphatic rings. The highest BCUT2D eigenvalue weighted by molar-refractivity contribution is 5.97. The van der Waals surface area contributed by atoms with Gasteiger partial charge in [-0.05, 0) is 41.8 Å². The predicted octanol–water partition coefficient (Wildman–Crippen LogP) is 2.79. The number of aromatic nitrogens is 3. The second-order valence-corrected chi connectivity index (χ2v) is 8.67. The molecule has 0 N–H and O–H groups in total. The van der Waals surface area contributed by atoms with E-state index in [1.165, 1.54) is 0 Å². The van der Waals surface area contributed by atoms with Gasteiger partial charge in [0.1, 0.15) is 6.54 Å². The Kier molecular flexibility index (Phi) is 7.14. The highest BCUT2D eigenvalue weighted by Crippen LogP contribution is 2.17. The lowest BCUT2D eigenvalue weighted by Crippen LogP contribution is -2.40. The summed E-state index contributed by atoms with van der Waals surface area (Å²) in [4.78, 5) is 34.0. The van der Waals surface area contributed by atoms with Gasteiger partial charge in [-0.25, -0.2) is 4.68 Å². The zero-order valence-electron chi connectivity index (χ0n) is 19.0. The molecule has 0 bridgehead atoms. The van der Waals surface area contributed by atoms with Gasteiger partial charge in [0.15, 0.2) is 0 Å². The standard InChI is InChI=1S/C25H29N5O3/c1-19(2)14-28-15-23(33-18-20-6-4-9-26-13-20)16-29(17-24(28)31)25(32)21-7-3-8-22(12-21)30-11-5-10-27-30/h3-13,19,23H,14-18H2,1-2H3/t23-/m1/s1. The number of pyridine rings is 1. The van der Waals surface area contributed by atoms with E-state index in [4.69, 9.17) is 4.74 Å². The molecule has 2 aromatic heterocycles. The first kappa shape index (κ1) is 22.7. The van der Waals surface area contributed by atoms with Crippen LogP contribution >= 0.6 is 0 Å². The largest absolute Gasteiger partial charge is 0.370 e.